The van der Waals surface area contributed by atoms with E-state index in [1.165, 1.54) is 24.3 Å². The van der Waals surface area contributed by atoms with Gasteiger partial charge in [-0.05, 0) is 42.0 Å². The SMILES string of the molecule is N#C/C(=C/c1ccc2c(c1)OCO2)C(=O)Nc1cccc(C(=O)O)c1. The molecule has 1 aliphatic heterocycles. The summed E-state index contributed by atoms with van der Waals surface area (Å²) in [6.45, 7) is 0.133. The van der Waals surface area contributed by atoms with E-state index in [-0.39, 0.29) is 23.6 Å². The first-order valence-electron chi connectivity index (χ1n) is 7.23. The predicted octanol–water partition coefficient (Wildman–Crippen LogP) is 2.66. The number of carboxylic acids is 1. The molecule has 1 aliphatic rings. The average Bonchev–Trinajstić information content (AvgIpc) is 3.07. The third-order valence-corrected chi connectivity index (χ3v) is 3.44. The van der Waals surface area contributed by atoms with E-state index >= 15 is 0 Å². The smallest absolute Gasteiger partial charge is 0.335 e. The number of anilines is 1. The first kappa shape index (κ1) is 16.1. The fraction of sp³-hybridized carbons (Fsp3) is 0.0556. The summed E-state index contributed by atoms with van der Waals surface area (Å²) in [6.07, 6.45) is 1.42. The normalized spacial score (nSPS) is 12.4. The summed E-state index contributed by atoms with van der Waals surface area (Å²) in [7, 11) is 0. The molecule has 3 rings (SSSR count). The van der Waals surface area contributed by atoms with Crippen LogP contribution in [-0.4, -0.2) is 23.8 Å². The highest BCUT2D eigenvalue weighted by Gasteiger charge is 2.15. The van der Waals surface area contributed by atoms with Crippen LogP contribution < -0.4 is 14.8 Å². The molecule has 0 saturated carbocycles. The van der Waals surface area contributed by atoms with Gasteiger partial charge in [-0.3, -0.25) is 4.79 Å². The zero-order valence-corrected chi connectivity index (χ0v) is 12.9. The summed E-state index contributed by atoms with van der Waals surface area (Å²) in [5.41, 5.74) is 0.808. The number of hydrogen-bond donors (Lipinski definition) is 2. The lowest BCUT2D eigenvalue weighted by Gasteiger charge is -2.05. The number of nitrogens with one attached hydrogen (secondary N) is 1. The first-order chi connectivity index (χ1) is 12.1. The standard InChI is InChI=1S/C18H12N2O5/c19-9-13(6-11-4-5-15-16(7-11)25-10-24-15)17(21)20-14-3-1-2-12(8-14)18(22)23/h1-8H,10H2,(H,20,21)(H,22,23)/b13-6-. The molecule has 2 N–H and O–H groups in total. The molecule has 1 amide bonds. The van der Waals surface area contributed by atoms with Gasteiger partial charge in [-0.25, -0.2) is 4.79 Å². The Labute approximate surface area is 142 Å². The molecule has 1 heterocycles. The van der Waals surface area contributed by atoms with Crippen molar-refractivity contribution in [3.05, 3.63) is 59.2 Å². The lowest BCUT2D eigenvalue weighted by molar-refractivity contribution is -0.112. The predicted molar refractivity (Wildman–Crippen MR) is 88.2 cm³/mol. The highest BCUT2D eigenvalue weighted by atomic mass is 16.7. The van der Waals surface area contributed by atoms with E-state index in [4.69, 9.17) is 14.6 Å². The van der Waals surface area contributed by atoms with Crippen molar-refractivity contribution in [3.8, 4) is 17.6 Å². The molecule has 0 radical (unpaired) electrons. The Kier molecular flexibility index (Phi) is 4.35. The van der Waals surface area contributed by atoms with Gasteiger partial charge in [0.15, 0.2) is 11.5 Å². The zero-order valence-electron chi connectivity index (χ0n) is 12.9. The molecule has 7 nitrogen and oxygen atoms in total. The van der Waals surface area contributed by atoms with E-state index < -0.39 is 11.9 Å². The van der Waals surface area contributed by atoms with Gasteiger partial charge in [0.05, 0.1) is 5.56 Å². The van der Waals surface area contributed by atoms with Gasteiger partial charge in [-0.1, -0.05) is 12.1 Å². The monoisotopic (exact) mass is 336 g/mol. The Bertz CT molecular complexity index is 927. The number of nitrogens with zero attached hydrogens (tertiary/aromatic N) is 1. The summed E-state index contributed by atoms with van der Waals surface area (Å²) in [6, 6.07) is 12.7. The fourth-order valence-electron chi connectivity index (χ4n) is 2.25. The maximum Gasteiger partial charge on any atom is 0.335 e. The molecule has 0 aromatic heterocycles. The minimum Gasteiger partial charge on any atom is -0.478 e. The highest BCUT2D eigenvalue weighted by molar-refractivity contribution is 6.10. The Morgan fingerprint density at radius 1 is 1.16 bits per heavy atom. The number of carbonyl (C=O) groups is 2. The van der Waals surface area contributed by atoms with Crippen LogP contribution in [0.25, 0.3) is 6.08 Å². The molecule has 0 atom stereocenters. The Morgan fingerprint density at radius 3 is 2.72 bits per heavy atom. The Hall–Kier alpha value is -3.79. The van der Waals surface area contributed by atoms with Crippen molar-refractivity contribution >= 4 is 23.6 Å². The van der Waals surface area contributed by atoms with Crippen LogP contribution in [0.4, 0.5) is 5.69 Å². The molecule has 7 heteroatoms. The van der Waals surface area contributed by atoms with Crippen LogP contribution in [0.15, 0.2) is 48.0 Å². The maximum atomic E-state index is 12.3. The summed E-state index contributed by atoms with van der Waals surface area (Å²) in [4.78, 5) is 23.2. The minimum absolute atomic E-state index is 0.0380. The number of benzene rings is 2. The number of rotatable bonds is 4. The van der Waals surface area contributed by atoms with Gasteiger partial charge in [-0.15, -0.1) is 0 Å². The van der Waals surface area contributed by atoms with Crippen LogP contribution in [0.2, 0.25) is 0 Å². The lowest BCUT2D eigenvalue weighted by Crippen LogP contribution is -2.13. The van der Waals surface area contributed by atoms with Crippen LogP contribution in [0.1, 0.15) is 15.9 Å². The van der Waals surface area contributed by atoms with Crippen molar-refractivity contribution in [2.75, 3.05) is 12.1 Å². The van der Waals surface area contributed by atoms with Crippen molar-refractivity contribution < 1.29 is 24.2 Å². The van der Waals surface area contributed by atoms with E-state index in [1.54, 1.807) is 24.3 Å². The van der Waals surface area contributed by atoms with Crippen LogP contribution >= 0.6 is 0 Å². The van der Waals surface area contributed by atoms with Gasteiger partial charge in [0.1, 0.15) is 11.6 Å². The van der Waals surface area contributed by atoms with E-state index in [2.05, 4.69) is 5.32 Å². The van der Waals surface area contributed by atoms with Crippen molar-refractivity contribution in [2.45, 2.75) is 0 Å². The molecule has 124 valence electrons. The zero-order chi connectivity index (χ0) is 17.8. The van der Waals surface area contributed by atoms with Crippen LogP contribution in [-0.2, 0) is 4.79 Å². The molecule has 2 aromatic rings. The molecule has 2 aromatic carbocycles. The summed E-state index contributed by atoms with van der Waals surface area (Å²) < 4.78 is 10.5. The van der Waals surface area contributed by atoms with Gasteiger partial charge in [0.2, 0.25) is 6.79 Å². The molecule has 0 bridgehead atoms. The van der Waals surface area contributed by atoms with Crippen molar-refractivity contribution in [2.24, 2.45) is 0 Å². The van der Waals surface area contributed by atoms with Crippen molar-refractivity contribution in [1.29, 1.82) is 5.26 Å². The maximum absolute atomic E-state index is 12.3. The quantitative estimate of drug-likeness (QED) is 0.656. The lowest BCUT2D eigenvalue weighted by atomic mass is 10.1. The molecule has 0 fully saturated rings. The third-order valence-electron chi connectivity index (χ3n) is 3.44. The minimum atomic E-state index is -1.10. The summed E-state index contributed by atoms with van der Waals surface area (Å²) in [5, 5.41) is 20.7. The molecular formula is C18H12N2O5. The molecule has 0 saturated heterocycles. The van der Waals surface area contributed by atoms with Crippen LogP contribution in [0.3, 0.4) is 0 Å². The Morgan fingerprint density at radius 2 is 1.96 bits per heavy atom. The second kappa shape index (κ2) is 6.76. The number of aromatic carboxylic acids is 1. The Balaban J connectivity index is 1.81. The number of carbonyl (C=O) groups excluding carboxylic acids is 1. The number of fused-ring (bicyclic) bond motifs is 1. The fourth-order valence-corrected chi connectivity index (χ4v) is 2.25. The summed E-state index contributed by atoms with van der Waals surface area (Å²) in [5.74, 6) is -0.596. The van der Waals surface area contributed by atoms with Gasteiger partial charge < -0.3 is 19.9 Å². The second-order valence-corrected chi connectivity index (χ2v) is 5.12. The molecule has 0 spiro atoms. The molecular weight excluding hydrogens is 324 g/mol. The number of amides is 1. The second-order valence-electron chi connectivity index (χ2n) is 5.12. The van der Waals surface area contributed by atoms with Gasteiger partial charge >= 0.3 is 5.97 Å². The first-order valence-corrected chi connectivity index (χ1v) is 7.23. The van der Waals surface area contributed by atoms with Crippen LogP contribution in [0, 0.1) is 11.3 Å². The van der Waals surface area contributed by atoms with Crippen LogP contribution in [0.5, 0.6) is 11.5 Å². The topological polar surface area (TPSA) is 109 Å². The van der Waals surface area contributed by atoms with E-state index in [0.29, 0.717) is 17.1 Å². The van der Waals surface area contributed by atoms with E-state index in [9.17, 15) is 14.9 Å². The molecule has 25 heavy (non-hydrogen) atoms. The molecule has 0 unspecified atom stereocenters. The van der Waals surface area contributed by atoms with Crippen molar-refractivity contribution in [1.82, 2.24) is 0 Å². The van der Waals surface area contributed by atoms with Crippen molar-refractivity contribution in [3.63, 3.8) is 0 Å². The summed E-state index contributed by atoms with van der Waals surface area (Å²) >= 11 is 0. The number of hydrogen-bond acceptors (Lipinski definition) is 5. The van der Waals surface area contributed by atoms with E-state index in [0.717, 1.165) is 0 Å². The average molecular weight is 336 g/mol. The van der Waals surface area contributed by atoms with Gasteiger partial charge in [-0.2, -0.15) is 5.26 Å². The largest absolute Gasteiger partial charge is 0.478 e. The number of ether oxygens (including phenoxy) is 2. The number of nitriles is 1. The van der Waals surface area contributed by atoms with Gasteiger partial charge in [0, 0.05) is 5.69 Å². The number of carboxylic acid groups (broad SMARTS) is 1. The third kappa shape index (κ3) is 3.59. The highest BCUT2D eigenvalue weighted by Crippen LogP contribution is 2.33. The van der Waals surface area contributed by atoms with Gasteiger partial charge in [0.25, 0.3) is 5.91 Å². The molecule has 0 aliphatic carbocycles. The van der Waals surface area contributed by atoms with E-state index in [1.807, 2.05) is 6.07 Å².